The van der Waals surface area contributed by atoms with E-state index in [-0.39, 0.29) is 10.8 Å². The Morgan fingerprint density at radius 2 is 1.61 bits per heavy atom. The van der Waals surface area contributed by atoms with Gasteiger partial charge in [-0.05, 0) is 34.8 Å². The number of ether oxygens (including phenoxy) is 1. The van der Waals surface area contributed by atoms with Gasteiger partial charge in [0, 0.05) is 5.56 Å². The first-order valence-electron chi connectivity index (χ1n) is 7.00. The predicted molar refractivity (Wildman–Crippen MR) is 77.7 cm³/mol. The van der Waals surface area contributed by atoms with E-state index < -0.39 is 0 Å². The molecule has 2 rings (SSSR count). The highest BCUT2D eigenvalue weighted by atomic mass is 16.5. The third kappa shape index (κ3) is 2.55. The zero-order valence-corrected chi connectivity index (χ0v) is 12.7. The first-order chi connectivity index (χ1) is 8.19. The summed E-state index contributed by atoms with van der Waals surface area (Å²) in [5.74, 6) is 1.15. The summed E-state index contributed by atoms with van der Waals surface area (Å²) in [6.45, 7) is 14.5. The molecule has 0 spiro atoms. The SMILES string of the molecule is CC(C)(C)c1cc2c(c(C(C)(C)C)c1)OCCC2. The summed E-state index contributed by atoms with van der Waals surface area (Å²) in [4.78, 5) is 0. The summed E-state index contributed by atoms with van der Waals surface area (Å²) >= 11 is 0. The maximum Gasteiger partial charge on any atom is 0.126 e. The lowest BCUT2D eigenvalue weighted by atomic mass is 9.78. The molecule has 0 aromatic heterocycles. The van der Waals surface area contributed by atoms with E-state index in [0.717, 1.165) is 25.2 Å². The maximum absolute atomic E-state index is 5.95. The van der Waals surface area contributed by atoms with Gasteiger partial charge >= 0.3 is 0 Å². The smallest absolute Gasteiger partial charge is 0.126 e. The van der Waals surface area contributed by atoms with Crippen LogP contribution in [0.1, 0.15) is 64.7 Å². The van der Waals surface area contributed by atoms with Gasteiger partial charge in [-0.15, -0.1) is 0 Å². The van der Waals surface area contributed by atoms with Crippen molar-refractivity contribution in [2.75, 3.05) is 6.61 Å². The van der Waals surface area contributed by atoms with E-state index in [4.69, 9.17) is 4.74 Å². The van der Waals surface area contributed by atoms with Crippen LogP contribution in [0.5, 0.6) is 5.75 Å². The highest BCUT2D eigenvalue weighted by Gasteiger charge is 2.27. The second-order valence-corrected chi connectivity index (χ2v) is 7.46. The van der Waals surface area contributed by atoms with Crippen LogP contribution in [0.2, 0.25) is 0 Å². The molecule has 0 unspecified atom stereocenters. The molecule has 1 aliphatic heterocycles. The van der Waals surface area contributed by atoms with Crippen LogP contribution in [0.15, 0.2) is 12.1 Å². The summed E-state index contributed by atoms with van der Waals surface area (Å²) in [6.07, 6.45) is 2.30. The topological polar surface area (TPSA) is 9.23 Å². The molecule has 1 aromatic rings. The van der Waals surface area contributed by atoms with Crippen molar-refractivity contribution in [2.24, 2.45) is 0 Å². The molecule has 1 nitrogen and oxygen atoms in total. The first-order valence-corrected chi connectivity index (χ1v) is 7.00. The summed E-state index contributed by atoms with van der Waals surface area (Å²) in [7, 11) is 0. The number of fused-ring (bicyclic) bond motifs is 1. The molecule has 0 bridgehead atoms. The van der Waals surface area contributed by atoms with E-state index in [1.54, 1.807) is 0 Å². The molecular weight excluding hydrogens is 220 g/mol. The second-order valence-electron chi connectivity index (χ2n) is 7.46. The summed E-state index contributed by atoms with van der Waals surface area (Å²) in [5, 5.41) is 0. The molecular formula is C17H26O. The molecule has 0 N–H and O–H groups in total. The van der Waals surface area contributed by atoms with Crippen molar-refractivity contribution in [1.82, 2.24) is 0 Å². The van der Waals surface area contributed by atoms with Gasteiger partial charge in [-0.3, -0.25) is 0 Å². The van der Waals surface area contributed by atoms with Gasteiger partial charge in [0.2, 0.25) is 0 Å². The lowest BCUT2D eigenvalue weighted by Crippen LogP contribution is -2.21. The molecule has 1 heterocycles. The van der Waals surface area contributed by atoms with Gasteiger partial charge in [-0.25, -0.2) is 0 Å². The van der Waals surface area contributed by atoms with E-state index in [2.05, 4.69) is 53.7 Å². The zero-order valence-electron chi connectivity index (χ0n) is 12.7. The van der Waals surface area contributed by atoms with E-state index in [9.17, 15) is 0 Å². The highest BCUT2D eigenvalue weighted by Crippen LogP contribution is 2.40. The van der Waals surface area contributed by atoms with Crippen LogP contribution >= 0.6 is 0 Å². The minimum atomic E-state index is 0.142. The van der Waals surface area contributed by atoms with E-state index in [0.29, 0.717) is 0 Å². The van der Waals surface area contributed by atoms with Crippen LogP contribution in [0, 0.1) is 0 Å². The fraction of sp³-hybridized carbons (Fsp3) is 0.647. The van der Waals surface area contributed by atoms with Gasteiger partial charge in [-0.2, -0.15) is 0 Å². The third-order valence-corrected chi connectivity index (χ3v) is 3.68. The Morgan fingerprint density at radius 3 is 2.17 bits per heavy atom. The maximum atomic E-state index is 5.95. The van der Waals surface area contributed by atoms with Crippen LogP contribution in [-0.4, -0.2) is 6.61 Å². The number of benzene rings is 1. The molecule has 0 saturated heterocycles. The van der Waals surface area contributed by atoms with Crippen molar-refractivity contribution >= 4 is 0 Å². The molecule has 0 aliphatic carbocycles. The molecule has 0 fully saturated rings. The Kier molecular flexibility index (Phi) is 3.21. The summed E-state index contributed by atoms with van der Waals surface area (Å²) in [5.41, 5.74) is 4.54. The third-order valence-electron chi connectivity index (χ3n) is 3.68. The zero-order chi connectivity index (χ0) is 13.6. The summed E-state index contributed by atoms with van der Waals surface area (Å²) in [6, 6.07) is 4.70. The van der Waals surface area contributed by atoms with E-state index in [1.165, 1.54) is 16.7 Å². The molecule has 1 heteroatoms. The molecule has 0 saturated carbocycles. The van der Waals surface area contributed by atoms with Crippen LogP contribution in [0.4, 0.5) is 0 Å². The number of hydrogen-bond acceptors (Lipinski definition) is 1. The van der Waals surface area contributed by atoms with Crippen LogP contribution < -0.4 is 4.74 Å². The van der Waals surface area contributed by atoms with Crippen molar-refractivity contribution in [1.29, 1.82) is 0 Å². The van der Waals surface area contributed by atoms with Crippen molar-refractivity contribution in [3.8, 4) is 5.75 Å². The summed E-state index contributed by atoms with van der Waals surface area (Å²) < 4.78 is 5.95. The van der Waals surface area contributed by atoms with Crippen LogP contribution in [0.25, 0.3) is 0 Å². The molecule has 0 atom stereocenters. The Balaban J connectivity index is 2.63. The van der Waals surface area contributed by atoms with Crippen LogP contribution in [0.3, 0.4) is 0 Å². The molecule has 1 aromatic carbocycles. The molecule has 100 valence electrons. The Morgan fingerprint density at radius 1 is 0.944 bits per heavy atom. The van der Waals surface area contributed by atoms with Crippen molar-refractivity contribution in [3.05, 3.63) is 28.8 Å². The standard InChI is InChI=1S/C17H26O/c1-16(2,3)13-10-12-8-7-9-18-15(12)14(11-13)17(4,5)6/h10-11H,7-9H2,1-6H3. The molecule has 0 amide bonds. The van der Waals surface area contributed by atoms with E-state index >= 15 is 0 Å². The predicted octanol–water partition coefficient (Wildman–Crippen LogP) is 4.61. The van der Waals surface area contributed by atoms with Crippen molar-refractivity contribution in [3.63, 3.8) is 0 Å². The van der Waals surface area contributed by atoms with Gasteiger partial charge < -0.3 is 4.74 Å². The quantitative estimate of drug-likeness (QED) is 0.649. The minimum absolute atomic E-state index is 0.142. The lowest BCUT2D eigenvalue weighted by Gasteiger charge is -2.31. The van der Waals surface area contributed by atoms with E-state index in [1.807, 2.05) is 0 Å². The average molecular weight is 246 g/mol. The fourth-order valence-corrected chi connectivity index (χ4v) is 2.47. The second kappa shape index (κ2) is 4.29. The molecule has 1 aliphatic rings. The Hall–Kier alpha value is -0.980. The Labute approximate surface area is 112 Å². The van der Waals surface area contributed by atoms with Gasteiger partial charge in [0.25, 0.3) is 0 Å². The van der Waals surface area contributed by atoms with Gasteiger partial charge in [0.1, 0.15) is 5.75 Å². The number of aryl methyl sites for hydroxylation is 1. The number of rotatable bonds is 0. The highest BCUT2D eigenvalue weighted by molar-refractivity contribution is 5.50. The van der Waals surface area contributed by atoms with Gasteiger partial charge in [0.05, 0.1) is 6.61 Å². The normalized spacial score (nSPS) is 16.1. The minimum Gasteiger partial charge on any atom is -0.493 e. The average Bonchev–Trinajstić information content (AvgIpc) is 2.25. The largest absolute Gasteiger partial charge is 0.493 e. The monoisotopic (exact) mass is 246 g/mol. The van der Waals surface area contributed by atoms with Crippen molar-refractivity contribution in [2.45, 2.75) is 65.2 Å². The van der Waals surface area contributed by atoms with Crippen LogP contribution in [-0.2, 0) is 17.3 Å². The molecule has 18 heavy (non-hydrogen) atoms. The van der Waals surface area contributed by atoms with Gasteiger partial charge in [-0.1, -0.05) is 53.7 Å². The Bertz CT molecular complexity index is 444. The van der Waals surface area contributed by atoms with Crippen molar-refractivity contribution < 1.29 is 4.74 Å². The fourth-order valence-electron chi connectivity index (χ4n) is 2.47. The first kappa shape index (κ1) is 13.5. The molecule has 0 radical (unpaired) electrons. The van der Waals surface area contributed by atoms with Gasteiger partial charge in [0.15, 0.2) is 0 Å². The lowest BCUT2D eigenvalue weighted by molar-refractivity contribution is 0.279. The number of hydrogen-bond donors (Lipinski definition) is 0.